The Hall–Kier alpha value is -8.18. The van der Waals surface area contributed by atoms with Gasteiger partial charge < -0.3 is 14.0 Å². The molecule has 0 atom stereocenters. The van der Waals surface area contributed by atoms with Crippen molar-refractivity contribution in [1.29, 1.82) is 0 Å². The molecule has 0 aliphatic rings. The quantitative estimate of drug-likeness (QED) is 0.156. The number of anilines is 3. The Labute approximate surface area is 374 Å². The average molecular weight is 834 g/mol. The van der Waals surface area contributed by atoms with Crippen LogP contribution in [0.5, 0.6) is 0 Å². The third kappa shape index (κ3) is 5.60. The second-order valence-electron chi connectivity index (χ2n) is 16.4. The standard InChI is InChI=1S/C60H39N3S/c1-4-18-40(19-5-1)46-27-15-30-51-52-31-17-35-56(60(52)64-59(46)51)61(55-34-16-29-50-48-25-11-13-33-54(48)63(58(50)55)43-22-8-3-9-23-43)44-38-36-41(37-39-44)45-26-14-28-49-47-24-10-12-32-53(47)62(57(45)49)42-20-6-2-7-21-42/h1-39H. The number of fused-ring (bicyclic) bond motifs is 9. The van der Waals surface area contributed by atoms with Crippen molar-refractivity contribution < 1.29 is 0 Å². The summed E-state index contributed by atoms with van der Waals surface area (Å²) in [4.78, 5) is 2.51. The molecule has 10 aromatic carbocycles. The van der Waals surface area contributed by atoms with Crippen molar-refractivity contribution >= 4 is 92.2 Å². The van der Waals surface area contributed by atoms with Crippen LogP contribution in [0, 0.1) is 0 Å². The van der Waals surface area contributed by atoms with Crippen molar-refractivity contribution in [2.45, 2.75) is 0 Å². The number of para-hydroxylation sites is 6. The van der Waals surface area contributed by atoms with Crippen LogP contribution >= 0.6 is 11.3 Å². The highest BCUT2D eigenvalue weighted by molar-refractivity contribution is 7.27. The van der Waals surface area contributed by atoms with Crippen LogP contribution in [0.1, 0.15) is 0 Å². The molecular weight excluding hydrogens is 795 g/mol. The summed E-state index contributed by atoms with van der Waals surface area (Å²) in [6.45, 7) is 0. The minimum absolute atomic E-state index is 1.09. The predicted molar refractivity (Wildman–Crippen MR) is 274 cm³/mol. The summed E-state index contributed by atoms with van der Waals surface area (Å²) in [5.41, 5.74) is 15.2. The van der Waals surface area contributed by atoms with Gasteiger partial charge in [0.05, 0.1) is 38.1 Å². The lowest BCUT2D eigenvalue weighted by atomic mass is 10.0. The van der Waals surface area contributed by atoms with Gasteiger partial charge >= 0.3 is 0 Å². The molecule has 0 aliphatic heterocycles. The number of nitrogens with zero attached hydrogens (tertiary/aromatic N) is 3. The summed E-state index contributed by atoms with van der Waals surface area (Å²) in [5.74, 6) is 0. The smallest absolute Gasteiger partial charge is 0.0782 e. The molecule has 0 fully saturated rings. The lowest BCUT2D eigenvalue weighted by molar-refractivity contribution is 1.17. The van der Waals surface area contributed by atoms with Gasteiger partial charge in [0.15, 0.2) is 0 Å². The Balaban J connectivity index is 1.08. The van der Waals surface area contributed by atoms with E-state index in [2.05, 4.69) is 251 Å². The zero-order valence-electron chi connectivity index (χ0n) is 34.8. The van der Waals surface area contributed by atoms with Crippen molar-refractivity contribution in [2.24, 2.45) is 0 Å². The van der Waals surface area contributed by atoms with E-state index in [-0.39, 0.29) is 0 Å². The van der Waals surface area contributed by atoms with Gasteiger partial charge in [0.25, 0.3) is 0 Å². The molecule has 3 heterocycles. The Kier molecular flexibility index (Phi) is 8.40. The van der Waals surface area contributed by atoms with Gasteiger partial charge in [-0.25, -0.2) is 0 Å². The van der Waals surface area contributed by atoms with Crippen molar-refractivity contribution in [2.75, 3.05) is 4.90 Å². The van der Waals surface area contributed by atoms with Gasteiger partial charge in [0.1, 0.15) is 0 Å². The molecule has 0 N–H and O–H groups in total. The average Bonchev–Trinajstić information content (AvgIpc) is 4.04. The number of hydrogen-bond donors (Lipinski definition) is 0. The van der Waals surface area contributed by atoms with Crippen LogP contribution in [0.25, 0.3) is 97.4 Å². The molecule has 0 saturated carbocycles. The second-order valence-corrected chi connectivity index (χ2v) is 17.5. The molecule has 4 heteroatoms. The van der Waals surface area contributed by atoms with Crippen molar-refractivity contribution in [1.82, 2.24) is 9.13 Å². The second kappa shape index (κ2) is 14.7. The van der Waals surface area contributed by atoms with Gasteiger partial charge in [0.2, 0.25) is 0 Å². The molecule has 64 heavy (non-hydrogen) atoms. The van der Waals surface area contributed by atoms with E-state index >= 15 is 0 Å². The predicted octanol–water partition coefficient (Wildman–Crippen LogP) is 17.1. The van der Waals surface area contributed by atoms with Crippen LogP contribution in [0.15, 0.2) is 237 Å². The highest BCUT2D eigenvalue weighted by Crippen LogP contribution is 2.50. The van der Waals surface area contributed by atoms with Crippen molar-refractivity contribution in [3.63, 3.8) is 0 Å². The first-order valence-corrected chi connectivity index (χ1v) is 22.7. The lowest BCUT2D eigenvalue weighted by Crippen LogP contribution is -2.12. The maximum atomic E-state index is 2.51. The lowest BCUT2D eigenvalue weighted by Gasteiger charge is -2.28. The zero-order chi connectivity index (χ0) is 42.1. The van der Waals surface area contributed by atoms with Crippen LogP contribution in [-0.4, -0.2) is 9.13 Å². The van der Waals surface area contributed by atoms with Crippen LogP contribution < -0.4 is 4.90 Å². The largest absolute Gasteiger partial charge is 0.309 e. The van der Waals surface area contributed by atoms with Crippen LogP contribution in [0.3, 0.4) is 0 Å². The molecule has 0 amide bonds. The number of benzene rings is 10. The third-order valence-electron chi connectivity index (χ3n) is 12.9. The van der Waals surface area contributed by atoms with E-state index in [4.69, 9.17) is 0 Å². The molecular formula is C60H39N3S. The third-order valence-corrected chi connectivity index (χ3v) is 14.2. The Morgan fingerprint density at radius 1 is 0.297 bits per heavy atom. The van der Waals surface area contributed by atoms with Crippen molar-refractivity contribution in [3.8, 4) is 33.6 Å². The maximum absolute atomic E-state index is 2.51. The van der Waals surface area contributed by atoms with Gasteiger partial charge in [0, 0.05) is 59.6 Å². The summed E-state index contributed by atoms with van der Waals surface area (Å²) in [6, 6.07) is 86.3. The molecule has 0 radical (unpaired) electrons. The number of hydrogen-bond acceptors (Lipinski definition) is 2. The van der Waals surface area contributed by atoms with E-state index in [1.807, 2.05) is 11.3 Å². The molecule has 0 aliphatic carbocycles. The Morgan fingerprint density at radius 2 is 0.750 bits per heavy atom. The molecule has 0 unspecified atom stereocenters. The van der Waals surface area contributed by atoms with Crippen molar-refractivity contribution in [3.05, 3.63) is 237 Å². The molecule has 13 aromatic rings. The SMILES string of the molecule is c1ccc(-c2cccc3c2sc2c(N(c4ccc(-c5cccc6c7ccccc7n(-c7ccccc7)c56)cc4)c4cccc5c6ccccc6n(-c6ccccc6)c45)cccc23)cc1. The monoisotopic (exact) mass is 833 g/mol. The van der Waals surface area contributed by atoms with Gasteiger partial charge in [-0.3, -0.25) is 0 Å². The number of thiophene rings is 1. The van der Waals surface area contributed by atoms with E-state index in [9.17, 15) is 0 Å². The van der Waals surface area contributed by atoms with E-state index in [0.717, 1.165) is 28.4 Å². The molecule has 13 rings (SSSR count). The highest BCUT2D eigenvalue weighted by atomic mass is 32.1. The molecule has 0 spiro atoms. The molecule has 300 valence electrons. The minimum atomic E-state index is 1.09. The van der Waals surface area contributed by atoms with E-state index in [1.54, 1.807) is 0 Å². The van der Waals surface area contributed by atoms with Gasteiger partial charge in [-0.05, 0) is 77.4 Å². The summed E-state index contributed by atoms with van der Waals surface area (Å²) in [7, 11) is 0. The maximum Gasteiger partial charge on any atom is 0.0782 e. The topological polar surface area (TPSA) is 13.1 Å². The fourth-order valence-electron chi connectivity index (χ4n) is 10.1. The fourth-order valence-corrected chi connectivity index (χ4v) is 11.5. The van der Waals surface area contributed by atoms with Gasteiger partial charge in [-0.15, -0.1) is 11.3 Å². The van der Waals surface area contributed by atoms with Gasteiger partial charge in [-0.1, -0.05) is 176 Å². The van der Waals surface area contributed by atoms with E-state index in [0.29, 0.717) is 0 Å². The minimum Gasteiger partial charge on any atom is -0.309 e. The summed E-state index contributed by atoms with van der Waals surface area (Å²) >= 11 is 1.89. The first kappa shape index (κ1) is 36.5. The molecule has 3 aromatic heterocycles. The summed E-state index contributed by atoms with van der Waals surface area (Å²) < 4.78 is 7.42. The van der Waals surface area contributed by atoms with Crippen LogP contribution in [0.4, 0.5) is 17.1 Å². The van der Waals surface area contributed by atoms with E-state index in [1.165, 1.54) is 86.0 Å². The van der Waals surface area contributed by atoms with Crippen LogP contribution in [0.2, 0.25) is 0 Å². The van der Waals surface area contributed by atoms with Crippen LogP contribution in [-0.2, 0) is 0 Å². The molecule has 0 bridgehead atoms. The first-order valence-electron chi connectivity index (χ1n) is 21.9. The fraction of sp³-hybridized carbons (Fsp3) is 0. The number of aromatic nitrogens is 2. The summed E-state index contributed by atoms with van der Waals surface area (Å²) in [5, 5.41) is 7.47. The normalized spacial score (nSPS) is 11.8. The Bertz CT molecular complexity index is 3880. The summed E-state index contributed by atoms with van der Waals surface area (Å²) in [6.07, 6.45) is 0. The highest BCUT2D eigenvalue weighted by Gasteiger charge is 2.25. The molecule has 3 nitrogen and oxygen atoms in total. The molecule has 0 saturated heterocycles. The first-order chi connectivity index (χ1) is 31.8. The number of rotatable bonds is 7. The Morgan fingerprint density at radius 3 is 1.39 bits per heavy atom. The zero-order valence-corrected chi connectivity index (χ0v) is 35.6. The van der Waals surface area contributed by atoms with Gasteiger partial charge in [-0.2, -0.15) is 0 Å². The van der Waals surface area contributed by atoms with E-state index < -0.39 is 0 Å².